The third kappa shape index (κ3) is 7.86. The van der Waals surface area contributed by atoms with E-state index in [1.165, 1.54) is 32.2 Å². The number of halogens is 4. The molecule has 0 saturated carbocycles. The number of nitrogens with one attached hydrogen (secondary N) is 2. The molecule has 0 saturated heterocycles. The van der Waals surface area contributed by atoms with E-state index in [0.29, 0.717) is 34.2 Å². The van der Waals surface area contributed by atoms with E-state index in [9.17, 15) is 27.6 Å². The van der Waals surface area contributed by atoms with Crippen molar-refractivity contribution in [3.05, 3.63) is 68.6 Å². The molecule has 0 heterocycles. The van der Waals surface area contributed by atoms with Crippen LogP contribution in [0.3, 0.4) is 0 Å². The summed E-state index contributed by atoms with van der Waals surface area (Å²) in [6, 6.07) is 8.20. The van der Waals surface area contributed by atoms with Gasteiger partial charge in [-0.2, -0.15) is 13.2 Å². The molecule has 0 aliphatic heterocycles. The second-order valence-electron chi connectivity index (χ2n) is 7.43. The average Bonchev–Trinajstić information content (AvgIpc) is 2.76. The van der Waals surface area contributed by atoms with Crippen molar-refractivity contribution in [3.8, 4) is 0 Å². The molecule has 0 aromatic heterocycles. The van der Waals surface area contributed by atoms with E-state index >= 15 is 0 Å². The van der Waals surface area contributed by atoms with Crippen molar-refractivity contribution in [1.29, 1.82) is 5.41 Å². The Kier molecular flexibility index (Phi) is 9.49. The number of anilines is 1. The van der Waals surface area contributed by atoms with Gasteiger partial charge in [-0.1, -0.05) is 23.7 Å². The van der Waals surface area contributed by atoms with Gasteiger partial charge in [-0.05, 0) is 60.2 Å². The molecule has 0 spiro atoms. The normalized spacial score (nSPS) is 11.7. The summed E-state index contributed by atoms with van der Waals surface area (Å²) in [7, 11) is 1.36. The van der Waals surface area contributed by atoms with Gasteiger partial charge in [0.15, 0.2) is 5.62 Å². The van der Waals surface area contributed by atoms with Gasteiger partial charge in [0, 0.05) is 35.6 Å². The van der Waals surface area contributed by atoms with Crippen LogP contribution in [0.2, 0.25) is 5.02 Å². The van der Waals surface area contributed by atoms with E-state index in [4.69, 9.17) is 22.7 Å². The molecule has 0 unspecified atom stereocenters. The zero-order valence-corrected chi connectivity index (χ0v) is 20.3. The van der Waals surface area contributed by atoms with Gasteiger partial charge >= 0.3 is 6.18 Å². The molecule has 2 aromatic carbocycles. The molecule has 0 atom stereocenters. The average molecular weight is 527 g/mol. The summed E-state index contributed by atoms with van der Waals surface area (Å²) in [4.78, 5) is 35.8. The van der Waals surface area contributed by atoms with Crippen molar-refractivity contribution in [1.82, 2.24) is 4.90 Å². The van der Waals surface area contributed by atoms with E-state index < -0.39 is 23.6 Å². The summed E-state index contributed by atoms with van der Waals surface area (Å²) >= 11 is 6.34. The molecule has 0 aliphatic carbocycles. The van der Waals surface area contributed by atoms with Crippen LogP contribution in [0.15, 0.2) is 41.3 Å². The molecule has 186 valence electrons. The number of amides is 2. The predicted octanol–water partition coefficient (Wildman–Crippen LogP) is 4.57. The molecule has 12 heteroatoms. The van der Waals surface area contributed by atoms with Gasteiger partial charge in [0.1, 0.15) is 0 Å². The molecular formula is C23H22ClF3N4O3S. The Balaban J connectivity index is 2.37. The second-order valence-corrected chi connectivity index (χ2v) is 8.74. The fourth-order valence-corrected chi connectivity index (χ4v) is 3.85. The smallest absolute Gasteiger partial charge is 0.380 e. The van der Waals surface area contributed by atoms with E-state index in [2.05, 4.69) is 5.32 Å². The lowest BCUT2D eigenvalue weighted by Crippen LogP contribution is -2.35. The third-order valence-corrected chi connectivity index (χ3v) is 5.60. The fraction of sp³-hybridized carbons (Fsp3) is 0.217. The molecule has 2 aromatic rings. The molecule has 2 rings (SSSR count). The minimum Gasteiger partial charge on any atom is -0.380 e. The fourth-order valence-electron chi connectivity index (χ4n) is 3.12. The Morgan fingerprint density at radius 2 is 1.91 bits per heavy atom. The highest BCUT2D eigenvalue weighted by atomic mass is 35.5. The van der Waals surface area contributed by atoms with Crippen molar-refractivity contribution in [2.45, 2.75) is 19.6 Å². The van der Waals surface area contributed by atoms with Crippen LogP contribution in [-0.2, 0) is 27.1 Å². The predicted molar refractivity (Wildman–Crippen MR) is 132 cm³/mol. The zero-order valence-electron chi connectivity index (χ0n) is 18.7. The van der Waals surface area contributed by atoms with Gasteiger partial charge in [0.05, 0.1) is 17.0 Å². The number of rotatable bonds is 10. The lowest BCUT2D eigenvalue weighted by Gasteiger charge is -2.17. The Labute approximate surface area is 209 Å². The number of nitrogens with two attached hydrogens (primary N) is 1. The first kappa shape index (κ1) is 27.9. The van der Waals surface area contributed by atoms with Crippen LogP contribution in [-0.4, -0.2) is 41.6 Å². The number of carbonyl (C=O) groups is 3. The van der Waals surface area contributed by atoms with Gasteiger partial charge < -0.3 is 21.4 Å². The minimum atomic E-state index is -4.59. The maximum atomic E-state index is 13.4. The number of hydrogen-bond acceptors (Lipinski definition) is 6. The SMILES string of the molecule is CC(=N)c1cc(/C=C(\SC=O)C(=O)N(C)CC(N)=O)ccc1NCc1ccc(Cl)cc1C(F)(F)F. The highest BCUT2D eigenvalue weighted by Gasteiger charge is 2.33. The molecular weight excluding hydrogens is 505 g/mol. The summed E-state index contributed by atoms with van der Waals surface area (Å²) in [6.07, 6.45) is -3.17. The highest BCUT2D eigenvalue weighted by molar-refractivity contribution is 8.16. The summed E-state index contributed by atoms with van der Waals surface area (Å²) in [5.74, 6) is -1.32. The van der Waals surface area contributed by atoms with Crippen LogP contribution in [0.1, 0.15) is 29.2 Å². The lowest BCUT2D eigenvalue weighted by molar-refractivity contribution is -0.138. The second kappa shape index (κ2) is 11.9. The zero-order chi connectivity index (χ0) is 26.3. The van der Waals surface area contributed by atoms with Crippen molar-refractivity contribution < 1.29 is 27.6 Å². The van der Waals surface area contributed by atoms with Crippen molar-refractivity contribution in [3.63, 3.8) is 0 Å². The van der Waals surface area contributed by atoms with Gasteiger partial charge in [0.2, 0.25) is 5.91 Å². The number of nitrogens with zero attached hydrogens (tertiary/aromatic N) is 1. The molecule has 0 bridgehead atoms. The van der Waals surface area contributed by atoms with Crippen LogP contribution < -0.4 is 11.1 Å². The monoisotopic (exact) mass is 526 g/mol. The summed E-state index contributed by atoms with van der Waals surface area (Å²) < 4.78 is 40.1. The third-order valence-electron chi connectivity index (χ3n) is 4.72. The topological polar surface area (TPSA) is 116 Å². The summed E-state index contributed by atoms with van der Waals surface area (Å²) in [5, 5.41) is 11.0. The van der Waals surface area contributed by atoms with E-state index in [1.54, 1.807) is 18.2 Å². The number of benzene rings is 2. The number of alkyl halides is 3. The van der Waals surface area contributed by atoms with Gasteiger partial charge in [0.25, 0.3) is 5.91 Å². The Bertz CT molecular complexity index is 1190. The Morgan fingerprint density at radius 3 is 2.49 bits per heavy atom. The van der Waals surface area contributed by atoms with E-state index in [-0.39, 0.29) is 34.3 Å². The summed E-state index contributed by atoms with van der Waals surface area (Å²) in [6.45, 7) is 0.988. The van der Waals surface area contributed by atoms with Crippen LogP contribution in [0, 0.1) is 5.41 Å². The molecule has 0 fully saturated rings. The number of hydrogen-bond donors (Lipinski definition) is 3. The Morgan fingerprint density at radius 1 is 1.23 bits per heavy atom. The van der Waals surface area contributed by atoms with Crippen LogP contribution >= 0.6 is 23.4 Å². The summed E-state index contributed by atoms with van der Waals surface area (Å²) in [5.41, 5.74) is 6.06. The largest absolute Gasteiger partial charge is 0.416 e. The standard InChI is InChI=1S/C23H22ClF3N4O3S/c1-13(28)17-7-14(8-20(35-12-32)22(34)31(2)11-21(29)33)3-6-19(17)30-10-15-4-5-16(24)9-18(15)23(25,26)27/h3-9,12,28,30H,10-11H2,1-2H3,(H2,29,33)/b20-8-,28-13?. The van der Waals surface area contributed by atoms with E-state index in [1.807, 2.05) is 0 Å². The Hall–Kier alpha value is -3.31. The van der Waals surface area contributed by atoms with Gasteiger partial charge in [-0.15, -0.1) is 0 Å². The van der Waals surface area contributed by atoms with Gasteiger partial charge in [-0.3, -0.25) is 14.4 Å². The van der Waals surface area contributed by atoms with Gasteiger partial charge in [-0.25, -0.2) is 0 Å². The maximum absolute atomic E-state index is 13.4. The lowest BCUT2D eigenvalue weighted by atomic mass is 10.0. The van der Waals surface area contributed by atoms with Crippen LogP contribution in [0.4, 0.5) is 18.9 Å². The quantitative estimate of drug-likeness (QED) is 0.238. The molecule has 0 aliphatic rings. The minimum absolute atomic E-state index is 0.0211. The van der Waals surface area contributed by atoms with Crippen LogP contribution in [0.5, 0.6) is 0 Å². The van der Waals surface area contributed by atoms with Crippen molar-refractivity contribution >= 4 is 58.3 Å². The molecule has 4 N–H and O–H groups in total. The maximum Gasteiger partial charge on any atom is 0.416 e. The van der Waals surface area contributed by atoms with Crippen molar-refractivity contribution in [2.24, 2.45) is 5.73 Å². The first-order valence-electron chi connectivity index (χ1n) is 9.98. The van der Waals surface area contributed by atoms with Crippen molar-refractivity contribution in [2.75, 3.05) is 18.9 Å². The first-order valence-corrected chi connectivity index (χ1v) is 11.2. The number of carbonyl (C=O) groups excluding carboxylic acids is 3. The molecule has 35 heavy (non-hydrogen) atoms. The first-order chi connectivity index (χ1) is 16.3. The number of primary amides is 1. The van der Waals surface area contributed by atoms with E-state index in [0.717, 1.165) is 11.0 Å². The number of thioether (sulfide) groups is 1. The van der Waals surface area contributed by atoms with Crippen LogP contribution in [0.25, 0.3) is 6.08 Å². The number of likely N-dealkylation sites (N-methyl/N-ethyl adjacent to an activating group) is 1. The highest BCUT2D eigenvalue weighted by Crippen LogP contribution is 2.34. The molecule has 2 amide bonds. The molecule has 7 nitrogen and oxygen atoms in total. The molecule has 0 radical (unpaired) electrons.